The molecule has 32 heavy (non-hydrogen) atoms. The number of nitrogens with zero attached hydrogens (tertiary/aromatic N) is 1. The lowest BCUT2D eigenvalue weighted by Crippen LogP contribution is -2.48. The first-order valence-corrected chi connectivity index (χ1v) is 13.2. The number of hydrogen-bond donors (Lipinski definition) is 2. The first-order valence-electron chi connectivity index (χ1n) is 10.6. The molecule has 0 spiro atoms. The van der Waals surface area contributed by atoms with Crippen molar-refractivity contribution in [2.45, 2.75) is 44.3 Å². The van der Waals surface area contributed by atoms with E-state index in [4.69, 9.17) is 0 Å². The Balaban J connectivity index is 1.55. The average molecular weight is 488 g/mol. The van der Waals surface area contributed by atoms with Crippen LogP contribution in [0, 0.1) is 0 Å². The standard InChI is InChI=1S/C23H25N3O3S3/c27-20(14-24-22(28)19-10-5-13-32-19)26(15-17-8-3-11-30-17)21(18-9-4-12-31-18)23(29)25-16-6-1-2-7-16/h3-5,8-13,16,21H,1-2,6-7,14-15H2,(H,24,28)(H,25,29). The molecule has 3 aromatic heterocycles. The molecule has 0 saturated heterocycles. The topological polar surface area (TPSA) is 78.5 Å². The Labute approximate surface area is 199 Å². The summed E-state index contributed by atoms with van der Waals surface area (Å²) >= 11 is 4.33. The molecule has 6 nitrogen and oxygen atoms in total. The summed E-state index contributed by atoms with van der Waals surface area (Å²) in [5.41, 5.74) is 0. The summed E-state index contributed by atoms with van der Waals surface area (Å²) in [6.07, 6.45) is 4.17. The van der Waals surface area contributed by atoms with Gasteiger partial charge < -0.3 is 15.5 Å². The fourth-order valence-electron chi connectivity index (χ4n) is 3.87. The van der Waals surface area contributed by atoms with Crippen LogP contribution >= 0.6 is 34.0 Å². The molecule has 3 aromatic rings. The average Bonchev–Trinajstić information content (AvgIpc) is 3.59. The Bertz CT molecular complexity index is 1010. The van der Waals surface area contributed by atoms with E-state index < -0.39 is 6.04 Å². The van der Waals surface area contributed by atoms with Crippen molar-refractivity contribution in [3.63, 3.8) is 0 Å². The smallest absolute Gasteiger partial charge is 0.261 e. The minimum Gasteiger partial charge on any atom is -0.351 e. The van der Waals surface area contributed by atoms with Crippen molar-refractivity contribution in [1.82, 2.24) is 15.5 Å². The van der Waals surface area contributed by atoms with E-state index in [0.29, 0.717) is 11.4 Å². The maximum atomic E-state index is 13.4. The molecule has 1 unspecified atom stereocenters. The molecule has 1 fully saturated rings. The lowest BCUT2D eigenvalue weighted by molar-refractivity contribution is -0.141. The van der Waals surface area contributed by atoms with Crippen molar-refractivity contribution in [3.05, 3.63) is 67.2 Å². The number of amides is 3. The number of hydrogen-bond acceptors (Lipinski definition) is 6. The van der Waals surface area contributed by atoms with Gasteiger partial charge in [-0.25, -0.2) is 0 Å². The first-order chi connectivity index (χ1) is 15.6. The fourth-order valence-corrected chi connectivity index (χ4v) is 6.05. The van der Waals surface area contributed by atoms with Gasteiger partial charge >= 0.3 is 0 Å². The second-order valence-electron chi connectivity index (χ2n) is 7.67. The predicted molar refractivity (Wildman–Crippen MR) is 129 cm³/mol. The highest BCUT2D eigenvalue weighted by Crippen LogP contribution is 2.29. The molecule has 0 aliphatic heterocycles. The van der Waals surface area contributed by atoms with Crippen molar-refractivity contribution in [1.29, 1.82) is 0 Å². The van der Waals surface area contributed by atoms with Crippen LogP contribution in [0.4, 0.5) is 0 Å². The third-order valence-corrected chi connectivity index (χ3v) is 8.10. The number of carbonyl (C=O) groups is 3. The Hall–Kier alpha value is -2.49. The minimum atomic E-state index is -0.733. The molecule has 1 aliphatic rings. The summed E-state index contributed by atoms with van der Waals surface area (Å²) < 4.78 is 0. The zero-order valence-corrected chi connectivity index (χ0v) is 19.9. The number of rotatable bonds is 9. The van der Waals surface area contributed by atoms with E-state index in [1.807, 2.05) is 40.4 Å². The van der Waals surface area contributed by atoms with Crippen LogP contribution in [0.1, 0.15) is 51.2 Å². The third-order valence-electron chi connectivity index (χ3n) is 5.45. The lowest BCUT2D eigenvalue weighted by Gasteiger charge is -2.31. The van der Waals surface area contributed by atoms with Crippen molar-refractivity contribution in [2.75, 3.05) is 6.54 Å². The van der Waals surface area contributed by atoms with Gasteiger partial charge in [0.1, 0.15) is 6.04 Å². The second-order valence-corrected chi connectivity index (χ2v) is 10.6. The van der Waals surface area contributed by atoms with Crippen LogP contribution in [0.5, 0.6) is 0 Å². The zero-order chi connectivity index (χ0) is 22.3. The lowest BCUT2D eigenvalue weighted by atomic mass is 10.1. The quantitative estimate of drug-likeness (QED) is 0.469. The largest absolute Gasteiger partial charge is 0.351 e. The maximum absolute atomic E-state index is 13.4. The molecule has 1 saturated carbocycles. The van der Waals surface area contributed by atoms with Gasteiger partial charge in [-0.3, -0.25) is 14.4 Å². The highest BCUT2D eigenvalue weighted by Gasteiger charge is 2.34. The maximum Gasteiger partial charge on any atom is 0.261 e. The minimum absolute atomic E-state index is 0.155. The monoisotopic (exact) mass is 487 g/mol. The molecule has 9 heteroatoms. The summed E-state index contributed by atoms with van der Waals surface area (Å²) in [5.74, 6) is -0.732. The molecule has 1 atom stereocenters. The molecule has 0 aromatic carbocycles. The van der Waals surface area contributed by atoms with Gasteiger partial charge in [0.05, 0.1) is 18.0 Å². The molecule has 3 heterocycles. The van der Waals surface area contributed by atoms with E-state index >= 15 is 0 Å². The van der Waals surface area contributed by atoms with Crippen molar-refractivity contribution in [2.24, 2.45) is 0 Å². The van der Waals surface area contributed by atoms with E-state index in [0.717, 1.165) is 35.4 Å². The van der Waals surface area contributed by atoms with Gasteiger partial charge in [0.25, 0.3) is 5.91 Å². The van der Waals surface area contributed by atoms with Gasteiger partial charge in [-0.1, -0.05) is 31.0 Å². The normalized spacial score (nSPS) is 14.8. The predicted octanol–water partition coefficient (Wildman–Crippen LogP) is 4.43. The van der Waals surface area contributed by atoms with Gasteiger partial charge in [0.15, 0.2) is 0 Å². The molecule has 0 radical (unpaired) electrons. The van der Waals surface area contributed by atoms with Crippen LogP contribution in [0.15, 0.2) is 52.5 Å². The van der Waals surface area contributed by atoms with E-state index in [9.17, 15) is 14.4 Å². The summed E-state index contributed by atoms with van der Waals surface area (Å²) in [6.45, 7) is 0.146. The van der Waals surface area contributed by atoms with E-state index in [1.165, 1.54) is 22.7 Å². The highest BCUT2D eigenvalue weighted by molar-refractivity contribution is 7.12. The van der Waals surface area contributed by atoms with Gasteiger partial charge in [0, 0.05) is 15.8 Å². The molecule has 1 aliphatic carbocycles. The fraction of sp³-hybridized carbons (Fsp3) is 0.348. The summed E-state index contributed by atoms with van der Waals surface area (Å²) in [6, 6.07) is 10.6. The van der Waals surface area contributed by atoms with Gasteiger partial charge in [-0.05, 0) is 47.2 Å². The third kappa shape index (κ3) is 5.65. The molecule has 2 N–H and O–H groups in total. The molecule has 168 valence electrons. The van der Waals surface area contributed by atoms with Crippen molar-refractivity contribution in [3.8, 4) is 0 Å². The number of nitrogens with one attached hydrogen (secondary N) is 2. The molecule has 0 bridgehead atoms. The van der Waals surface area contributed by atoms with Crippen LogP contribution in [0.25, 0.3) is 0 Å². The van der Waals surface area contributed by atoms with Crippen molar-refractivity contribution < 1.29 is 14.4 Å². The first kappa shape index (κ1) is 22.7. The van der Waals surface area contributed by atoms with E-state index in [2.05, 4.69) is 10.6 Å². The SMILES string of the molecule is O=C(NCC(=O)N(Cc1cccs1)C(C(=O)NC1CCCC1)c1cccs1)c1cccs1. The van der Waals surface area contributed by atoms with Crippen molar-refractivity contribution >= 4 is 51.7 Å². The van der Waals surface area contributed by atoms with E-state index in [-0.39, 0.29) is 30.3 Å². The van der Waals surface area contributed by atoms with Crippen LogP contribution in [0.3, 0.4) is 0 Å². The molecular weight excluding hydrogens is 462 g/mol. The number of thiophene rings is 3. The van der Waals surface area contributed by atoms with Gasteiger partial charge in [-0.2, -0.15) is 0 Å². The van der Waals surface area contributed by atoms with Crippen LogP contribution in [0.2, 0.25) is 0 Å². The second kappa shape index (κ2) is 10.9. The summed E-state index contributed by atoms with van der Waals surface area (Å²) in [5, 5.41) is 11.6. The Morgan fingerprint density at radius 2 is 1.69 bits per heavy atom. The van der Waals surface area contributed by atoms with Gasteiger partial charge in [0.2, 0.25) is 11.8 Å². The van der Waals surface area contributed by atoms with E-state index in [1.54, 1.807) is 28.4 Å². The Morgan fingerprint density at radius 3 is 2.34 bits per heavy atom. The molecular formula is C23H25N3O3S3. The molecule has 4 rings (SSSR count). The molecule has 3 amide bonds. The Kier molecular flexibility index (Phi) is 7.72. The zero-order valence-electron chi connectivity index (χ0n) is 17.5. The summed E-state index contributed by atoms with van der Waals surface area (Å²) in [7, 11) is 0. The highest BCUT2D eigenvalue weighted by atomic mass is 32.1. The van der Waals surface area contributed by atoms with Crippen LogP contribution < -0.4 is 10.6 Å². The summed E-state index contributed by atoms with van der Waals surface area (Å²) in [4.78, 5) is 43.1. The van der Waals surface area contributed by atoms with Crippen LogP contribution in [-0.4, -0.2) is 35.2 Å². The van der Waals surface area contributed by atoms with Gasteiger partial charge in [-0.15, -0.1) is 34.0 Å². The number of carbonyl (C=O) groups excluding carboxylic acids is 3. The Morgan fingerprint density at radius 1 is 0.969 bits per heavy atom. The van der Waals surface area contributed by atoms with Crippen LogP contribution in [-0.2, 0) is 16.1 Å².